The topological polar surface area (TPSA) is 90.3 Å². The molecular formula is C31H31N5O2. The summed E-state index contributed by atoms with van der Waals surface area (Å²) < 4.78 is 5.41. The van der Waals surface area contributed by atoms with Gasteiger partial charge in [-0.2, -0.15) is 5.26 Å². The summed E-state index contributed by atoms with van der Waals surface area (Å²) in [7, 11) is 0. The predicted molar refractivity (Wildman–Crippen MR) is 149 cm³/mol. The number of carbonyl (C=O) groups excluding carboxylic acids is 1. The predicted octanol–water partition coefficient (Wildman–Crippen LogP) is 4.04. The Morgan fingerprint density at radius 2 is 1.87 bits per heavy atom. The van der Waals surface area contributed by atoms with Gasteiger partial charge in [-0.3, -0.25) is 14.7 Å². The minimum absolute atomic E-state index is 0.182. The molecular weight excluding hydrogens is 474 g/mol. The number of nitrogens with zero attached hydrogens (tertiary/aromatic N) is 3. The Morgan fingerprint density at radius 3 is 2.63 bits per heavy atom. The van der Waals surface area contributed by atoms with Crippen LogP contribution in [0.25, 0.3) is 11.6 Å². The maximum Gasteiger partial charge on any atom is 0.248 e. The third kappa shape index (κ3) is 6.81. The molecule has 38 heavy (non-hydrogen) atoms. The van der Waals surface area contributed by atoms with Gasteiger partial charge in [0, 0.05) is 61.9 Å². The number of ether oxygens (including phenoxy) is 1. The van der Waals surface area contributed by atoms with E-state index in [0.29, 0.717) is 5.56 Å². The monoisotopic (exact) mass is 505 g/mol. The molecule has 0 radical (unpaired) electrons. The molecule has 192 valence electrons. The van der Waals surface area contributed by atoms with Crippen LogP contribution >= 0.6 is 0 Å². The van der Waals surface area contributed by atoms with Crippen LogP contribution in [-0.2, 0) is 22.5 Å². The number of amides is 1. The van der Waals surface area contributed by atoms with Crippen LogP contribution in [0.2, 0.25) is 0 Å². The van der Waals surface area contributed by atoms with Crippen LogP contribution in [0.3, 0.4) is 0 Å². The lowest BCUT2D eigenvalue weighted by Gasteiger charge is -2.26. The minimum Gasteiger partial charge on any atom is -0.379 e. The van der Waals surface area contributed by atoms with Gasteiger partial charge in [0.2, 0.25) is 5.91 Å². The highest BCUT2D eigenvalue weighted by Crippen LogP contribution is 2.24. The van der Waals surface area contributed by atoms with Crippen molar-refractivity contribution in [3.05, 3.63) is 107 Å². The van der Waals surface area contributed by atoms with E-state index in [1.165, 1.54) is 16.7 Å². The van der Waals surface area contributed by atoms with E-state index < -0.39 is 0 Å². The Morgan fingerprint density at radius 1 is 1.11 bits per heavy atom. The molecule has 0 bridgehead atoms. The zero-order valence-corrected chi connectivity index (χ0v) is 21.3. The molecule has 2 aromatic carbocycles. The van der Waals surface area contributed by atoms with E-state index in [1.807, 2.05) is 48.5 Å². The molecule has 0 saturated carbocycles. The van der Waals surface area contributed by atoms with Gasteiger partial charge in [0.05, 0.1) is 24.8 Å². The lowest BCUT2D eigenvalue weighted by molar-refractivity contribution is -0.111. The molecule has 1 aromatic heterocycles. The molecule has 1 atom stereocenters. The fourth-order valence-electron chi connectivity index (χ4n) is 4.78. The van der Waals surface area contributed by atoms with Gasteiger partial charge in [0.15, 0.2) is 0 Å². The van der Waals surface area contributed by atoms with Crippen molar-refractivity contribution in [2.24, 2.45) is 0 Å². The van der Waals surface area contributed by atoms with E-state index in [4.69, 9.17) is 10.00 Å². The first-order valence-electron chi connectivity index (χ1n) is 12.9. The smallest absolute Gasteiger partial charge is 0.248 e. The molecule has 1 amide bonds. The second-order valence-corrected chi connectivity index (χ2v) is 9.56. The van der Waals surface area contributed by atoms with Crippen molar-refractivity contribution in [1.29, 1.82) is 5.26 Å². The highest BCUT2D eigenvalue weighted by molar-refractivity contribution is 6.02. The van der Waals surface area contributed by atoms with Gasteiger partial charge in [-0.25, -0.2) is 0 Å². The van der Waals surface area contributed by atoms with Crippen LogP contribution in [-0.4, -0.2) is 54.7 Å². The van der Waals surface area contributed by atoms with E-state index in [-0.39, 0.29) is 11.9 Å². The number of hydrogen-bond acceptors (Lipinski definition) is 6. The Bertz CT molecular complexity index is 1350. The van der Waals surface area contributed by atoms with Crippen LogP contribution in [0, 0.1) is 11.3 Å². The third-order valence-corrected chi connectivity index (χ3v) is 6.84. The second kappa shape index (κ2) is 12.4. The molecule has 3 aromatic rings. The maximum atomic E-state index is 12.6. The normalized spacial score (nSPS) is 17.8. The van der Waals surface area contributed by atoms with Gasteiger partial charge in [-0.05, 0) is 65.1 Å². The van der Waals surface area contributed by atoms with Crippen LogP contribution in [0.4, 0.5) is 5.69 Å². The van der Waals surface area contributed by atoms with Crippen molar-refractivity contribution in [3.8, 4) is 6.07 Å². The molecule has 0 aliphatic carbocycles. The molecule has 2 N–H and O–H groups in total. The summed E-state index contributed by atoms with van der Waals surface area (Å²) >= 11 is 0. The Kier molecular flexibility index (Phi) is 8.36. The molecule has 1 fully saturated rings. The molecule has 2 aliphatic rings. The summed E-state index contributed by atoms with van der Waals surface area (Å²) in [6, 6.07) is 20.1. The van der Waals surface area contributed by atoms with Crippen molar-refractivity contribution in [1.82, 2.24) is 15.2 Å². The SMILES string of the molecule is N#Cc1ccc(CC2C=C(c3ccncc3/C=C/C(=O)Nc3ccc(CN4CCOCC4)cc3)CN2)cc1. The number of pyridine rings is 1. The van der Waals surface area contributed by atoms with Crippen LogP contribution in [0.5, 0.6) is 0 Å². The lowest BCUT2D eigenvalue weighted by atomic mass is 10.00. The molecule has 5 rings (SSSR count). The van der Waals surface area contributed by atoms with Crippen molar-refractivity contribution < 1.29 is 9.53 Å². The van der Waals surface area contributed by atoms with Gasteiger partial charge < -0.3 is 15.4 Å². The molecule has 3 heterocycles. The standard InChI is InChI=1S/C31H31N5O2/c32-19-24-3-1-23(2-4-24)17-29-18-27(21-34-29)30-11-12-33-20-26(30)7-10-31(37)35-28-8-5-25(6-9-28)22-36-13-15-38-16-14-36/h1-12,18,20,29,34H,13-17,21-22H2,(H,35,37)/b10-7+. The van der Waals surface area contributed by atoms with Crippen LogP contribution < -0.4 is 10.6 Å². The van der Waals surface area contributed by atoms with E-state index in [1.54, 1.807) is 18.5 Å². The molecule has 0 spiro atoms. The summed E-state index contributed by atoms with van der Waals surface area (Å²) in [6.07, 6.45) is 10.0. The van der Waals surface area contributed by atoms with E-state index in [0.717, 1.165) is 62.6 Å². The van der Waals surface area contributed by atoms with Crippen LogP contribution in [0.15, 0.2) is 79.1 Å². The Hall–Kier alpha value is -4.09. The number of nitriles is 1. The first-order valence-corrected chi connectivity index (χ1v) is 12.9. The zero-order valence-electron chi connectivity index (χ0n) is 21.3. The van der Waals surface area contributed by atoms with Gasteiger partial charge in [0.1, 0.15) is 0 Å². The first kappa shape index (κ1) is 25.6. The third-order valence-electron chi connectivity index (χ3n) is 6.84. The molecule has 1 saturated heterocycles. The van der Waals surface area contributed by atoms with Crippen molar-refractivity contribution >= 4 is 23.2 Å². The summed E-state index contributed by atoms with van der Waals surface area (Å²) in [4.78, 5) is 19.3. The van der Waals surface area contributed by atoms with Gasteiger partial charge in [0.25, 0.3) is 0 Å². The summed E-state index contributed by atoms with van der Waals surface area (Å²) in [6.45, 7) is 5.10. The van der Waals surface area contributed by atoms with E-state index >= 15 is 0 Å². The number of aromatic nitrogens is 1. The molecule has 1 unspecified atom stereocenters. The van der Waals surface area contributed by atoms with Gasteiger partial charge in [-0.1, -0.05) is 30.3 Å². The fourth-order valence-corrected chi connectivity index (χ4v) is 4.78. The summed E-state index contributed by atoms with van der Waals surface area (Å²) in [5.74, 6) is -0.182. The van der Waals surface area contributed by atoms with E-state index in [2.05, 4.69) is 44.8 Å². The van der Waals surface area contributed by atoms with Crippen LogP contribution in [0.1, 0.15) is 27.8 Å². The van der Waals surface area contributed by atoms with Crippen molar-refractivity contribution in [2.45, 2.75) is 19.0 Å². The number of anilines is 1. The average molecular weight is 506 g/mol. The van der Waals surface area contributed by atoms with Gasteiger partial charge >= 0.3 is 0 Å². The Balaban J connectivity index is 1.19. The zero-order chi connectivity index (χ0) is 26.2. The fraction of sp³-hybridized carbons (Fsp3) is 0.258. The molecule has 2 aliphatic heterocycles. The summed E-state index contributed by atoms with van der Waals surface area (Å²) in [5.41, 5.74) is 6.98. The largest absolute Gasteiger partial charge is 0.379 e. The Labute approximate surface area is 223 Å². The highest BCUT2D eigenvalue weighted by atomic mass is 16.5. The lowest BCUT2D eigenvalue weighted by Crippen LogP contribution is -2.35. The number of morpholine rings is 1. The second-order valence-electron chi connectivity index (χ2n) is 9.56. The van der Waals surface area contributed by atoms with E-state index in [9.17, 15) is 4.79 Å². The first-order chi connectivity index (χ1) is 18.7. The number of rotatable bonds is 8. The van der Waals surface area contributed by atoms with Gasteiger partial charge in [-0.15, -0.1) is 0 Å². The highest BCUT2D eigenvalue weighted by Gasteiger charge is 2.18. The number of carbonyl (C=O) groups is 1. The number of benzene rings is 2. The number of nitrogens with one attached hydrogen (secondary N) is 2. The quantitative estimate of drug-likeness (QED) is 0.449. The van der Waals surface area contributed by atoms with Crippen molar-refractivity contribution in [2.75, 3.05) is 38.2 Å². The maximum absolute atomic E-state index is 12.6. The minimum atomic E-state index is -0.182. The summed E-state index contributed by atoms with van der Waals surface area (Å²) in [5, 5.41) is 15.5. The average Bonchev–Trinajstić information content (AvgIpc) is 3.42. The van der Waals surface area contributed by atoms with Crippen molar-refractivity contribution in [3.63, 3.8) is 0 Å². The number of hydrogen-bond donors (Lipinski definition) is 2. The molecule has 7 nitrogen and oxygen atoms in total. The molecule has 7 heteroatoms.